The van der Waals surface area contributed by atoms with Crippen molar-refractivity contribution in [3.63, 3.8) is 0 Å². The van der Waals surface area contributed by atoms with Crippen molar-refractivity contribution in [2.24, 2.45) is 5.73 Å². The molecule has 0 fully saturated rings. The summed E-state index contributed by atoms with van der Waals surface area (Å²) in [6.07, 6.45) is 4.52. The number of primary amides is 1. The number of unbranched alkanes of at least 4 members (excludes halogenated alkanes) is 1. The maximum Gasteiger partial charge on any atom is 0.338 e. The lowest BCUT2D eigenvalue weighted by Gasteiger charge is -2.12. The number of hydrogen-bond donors (Lipinski definition) is 2. The van der Waals surface area contributed by atoms with Crippen molar-refractivity contribution in [1.29, 1.82) is 0 Å². The number of hydrogen-bond acceptors (Lipinski definition) is 7. The number of methoxy groups -OCH3 is 1. The van der Waals surface area contributed by atoms with Crippen LogP contribution < -0.4 is 20.5 Å². The zero-order valence-electron chi connectivity index (χ0n) is 17.6. The Kier molecular flexibility index (Phi) is 7.51. The van der Waals surface area contributed by atoms with Crippen molar-refractivity contribution in [2.75, 3.05) is 25.6 Å². The fourth-order valence-corrected chi connectivity index (χ4v) is 4.68. The molecule has 0 spiro atoms. The fraction of sp³-hybridized carbons (Fsp3) is 0.409. The number of ether oxygens (including phenoxy) is 3. The fourth-order valence-electron chi connectivity index (χ4n) is 3.37. The first kappa shape index (κ1) is 22.6. The molecule has 1 heterocycles. The van der Waals surface area contributed by atoms with E-state index in [0.717, 1.165) is 42.5 Å². The van der Waals surface area contributed by atoms with Crippen molar-refractivity contribution in [1.82, 2.24) is 0 Å². The molecular weight excluding hydrogens is 420 g/mol. The first-order valence-corrected chi connectivity index (χ1v) is 11.0. The maximum absolute atomic E-state index is 12.4. The van der Waals surface area contributed by atoms with E-state index in [0.29, 0.717) is 28.7 Å². The number of esters is 1. The van der Waals surface area contributed by atoms with E-state index in [4.69, 9.17) is 19.9 Å². The highest BCUT2D eigenvalue weighted by Crippen LogP contribution is 2.38. The van der Waals surface area contributed by atoms with Gasteiger partial charge in [-0.3, -0.25) is 9.59 Å². The van der Waals surface area contributed by atoms with E-state index < -0.39 is 24.4 Å². The van der Waals surface area contributed by atoms with Gasteiger partial charge >= 0.3 is 5.97 Å². The molecule has 2 amide bonds. The molecule has 0 radical (unpaired) electrons. The molecule has 3 rings (SSSR count). The average Bonchev–Trinajstić information content (AvgIpc) is 3.32. The van der Waals surface area contributed by atoms with Gasteiger partial charge in [-0.25, -0.2) is 4.79 Å². The molecule has 1 aromatic heterocycles. The van der Waals surface area contributed by atoms with E-state index in [-0.39, 0.29) is 5.56 Å². The summed E-state index contributed by atoms with van der Waals surface area (Å²) in [6, 6.07) is 4.70. The van der Waals surface area contributed by atoms with Gasteiger partial charge in [-0.05, 0) is 49.4 Å². The van der Waals surface area contributed by atoms with Crippen molar-refractivity contribution in [3.05, 3.63) is 39.8 Å². The number of carbonyl (C=O) groups is 3. The molecule has 1 aliphatic rings. The maximum atomic E-state index is 12.4. The Balaban J connectivity index is 1.59. The van der Waals surface area contributed by atoms with Crippen LogP contribution in [0.25, 0.3) is 0 Å². The third-order valence-electron chi connectivity index (χ3n) is 4.91. The molecule has 1 aliphatic carbocycles. The number of aryl methyl sites for hydroxylation is 1. The number of nitrogens with one attached hydrogen (secondary N) is 1. The van der Waals surface area contributed by atoms with Gasteiger partial charge in [-0.15, -0.1) is 11.3 Å². The van der Waals surface area contributed by atoms with Crippen LogP contribution >= 0.6 is 11.3 Å². The number of benzene rings is 1. The minimum Gasteiger partial charge on any atom is -0.493 e. The van der Waals surface area contributed by atoms with Crippen LogP contribution in [0.3, 0.4) is 0 Å². The van der Waals surface area contributed by atoms with E-state index in [1.54, 1.807) is 12.1 Å². The predicted octanol–water partition coefficient (Wildman–Crippen LogP) is 3.32. The SMILES string of the molecule is CCCCOc1ccc(C(=O)OCC(=O)Nc2sc3c(c2C(N)=O)CCC3)cc1OC. The van der Waals surface area contributed by atoms with Gasteiger partial charge in [0.2, 0.25) is 0 Å². The van der Waals surface area contributed by atoms with Crippen molar-refractivity contribution < 1.29 is 28.6 Å². The topological polar surface area (TPSA) is 117 Å². The Bertz CT molecular complexity index is 985. The number of anilines is 1. The van der Waals surface area contributed by atoms with Crippen molar-refractivity contribution in [3.8, 4) is 11.5 Å². The summed E-state index contributed by atoms with van der Waals surface area (Å²) in [5, 5.41) is 3.06. The normalized spacial score (nSPS) is 12.2. The minimum absolute atomic E-state index is 0.236. The number of carbonyl (C=O) groups excluding carboxylic acids is 3. The highest BCUT2D eigenvalue weighted by atomic mass is 32.1. The molecule has 8 nitrogen and oxygen atoms in total. The van der Waals surface area contributed by atoms with E-state index in [2.05, 4.69) is 12.2 Å². The highest BCUT2D eigenvalue weighted by molar-refractivity contribution is 7.17. The molecule has 1 aromatic carbocycles. The summed E-state index contributed by atoms with van der Waals surface area (Å²) < 4.78 is 16.0. The van der Waals surface area contributed by atoms with Gasteiger partial charge in [0.25, 0.3) is 11.8 Å². The van der Waals surface area contributed by atoms with Crippen molar-refractivity contribution in [2.45, 2.75) is 39.0 Å². The first-order valence-electron chi connectivity index (χ1n) is 10.2. The Morgan fingerprint density at radius 1 is 1.19 bits per heavy atom. The number of thiophene rings is 1. The van der Waals surface area contributed by atoms with Gasteiger partial charge in [0.1, 0.15) is 5.00 Å². The van der Waals surface area contributed by atoms with E-state index in [1.165, 1.54) is 24.5 Å². The van der Waals surface area contributed by atoms with Gasteiger partial charge in [-0.2, -0.15) is 0 Å². The second-order valence-electron chi connectivity index (χ2n) is 7.12. The first-order chi connectivity index (χ1) is 14.9. The molecule has 2 aromatic rings. The van der Waals surface area contributed by atoms with Crippen LogP contribution in [-0.2, 0) is 22.4 Å². The van der Waals surface area contributed by atoms with E-state index >= 15 is 0 Å². The molecule has 0 saturated heterocycles. The number of nitrogens with two attached hydrogens (primary N) is 1. The van der Waals surface area contributed by atoms with Gasteiger partial charge < -0.3 is 25.3 Å². The smallest absolute Gasteiger partial charge is 0.338 e. The third kappa shape index (κ3) is 5.35. The van der Waals surface area contributed by atoms with Crippen LogP contribution in [0.5, 0.6) is 11.5 Å². The summed E-state index contributed by atoms with van der Waals surface area (Å²) in [5.74, 6) is -0.830. The molecule has 31 heavy (non-hydrogen) atoms. The molecule has 0 atom stereocenters. The zero-order valence-corrected chi connectivity index (χ0v) is 18.4. The molecule has 0 unspecified atom stereocenters. The summed E-state index contributed by atoms with van der Waals surface area (Å²) in [6.45, 7) is 2.13. The van der Waals surface area contributed by atoms with Gasteiger partial charge in [0.05, 0.1) is 24.8 Å². The number of rotatable bonds is 10. The van der Waals surface area contributed by atoms with E-state index in [9.17, 15) is 14.4 Å². The second-order valence-corrected chi connectivity index (χ2v) is 8.22. The molecule has 166 valence electrons. The summed E-state index contributed by atoms with van der Waals surface area (Å²) in [4.78, 5) is 37.5. The number of amides is 2. The lowest BCUT2D eigenvalue weighted by molar-refractivity contribution is -0.119. The lowest BCUT2D eigenvalue weighted by atomic mass is 10.1. The van der Waals surface area contributed by atoms with Gasteiger partial charge in [-0.1, -0.05) is 13.3 Å². The molecule has 0 bridgehead atoms. The standard InChI is InChI=1S/C22H26N2O6S/c1-3-4-10-29-15-9-8-13(11-16(15)28-2)22(27)30-12-18(25)24-21-19(20(23)26)14-6-5-7-17(14)31-21/h8-9,11H,3-7,10,12H2,1-2H3,(H2,23,26)(H,24,25). The van der Waals surface area contributed by atoms with Crippen LogP contribution in [-0.4, -0.2) is 38.1 Å². The molecule has 9 heteroatoms. The van der Waals surface area contributed by atoms with Gasteiger partial charge in [0.15, 0.2) is 18.1 Å². The number of fused-ring (bicyclic) bond motifs is 1. The highest BCUT2D eigenvalue weighted by Gasteiger charge is 2.26. The van der Waals surface area contributed by atoms with Gasteiger partial charge in [0, 0.05) is 4.88 Å². The Morgan fingerprint density at radius 3 is 2.71 bits per heavy atom. The Hall–Kier alpha value is -3.07. The van der Waals surface area contributed by atoms with Crippen LogP contribution in [0.1, 0.15) is 57.3 Å². The van der Waals surface area contributed by atoms with Crippen molar-refractivity contribution >= 4 is 34.1 Å². The third-order valence-corrected chi connectivity index (χ3v) is 6.12. The molecular formula is C22H26N2O6S. The predicted molar refractivity (Wildman–Crippen MR) is 117 cm³/mol. The molecule has 0 saturated carbocycles. The molecule has 0 aliphatic heterocycles. The quantitative estimate of drug-likeness (QED) is 0.427. The van der Waals surface area contributed by atoms with Crippen LogP contribution in [0.2, 0.25) is 0 Å². The van der Waals surface area contributed by atoms with Crippen LogP contribution in [0.4, 0.5) is 5.00 Å². The van der Waals surface area contributed by atoms with E-state index in [1.807, 2.05) is 0 Å². The summed E-state index contributed by atoms with van der Waals surface area (Å²) in [7, 11) is 1.49. The lowest BCUT2D eigenvalue weighted by Crippen LogP contribution is -2.22. The van der Waals surface area contributed by atoms with Crippen LogP contribution in [0, 0.1) is 0 Å². The second kappa shape index (κ2) is 10.3. The Morgan fingerprint density at radius 2 is 2.00 bits per heavy atom. The largest absolute Gasteiger partial charge is 0.493 e. The zero-order chi connectivity index (χ0) is 22.4. The Labute approximate surface area is 184 Å². The summed E-state index contributed by atoms with van der Waals surface area (Å²) >= 11 is 1.35. The average molecular weight is 447 g/mol. The minimum atomic E-state index is -0.669. The summed E-state index contributed by atoms with van der Waals surface area (Å²) in [5.41, 5.74) is 7.01. The van der Waals surface area contributed by atoms with Crippen LogP contribution in [0.15, 0.2) is 18.2 Å². The monoisotopic (exact) mass is 446 g/mol. The molecule has 3 N–H and O–H groups in total.